The fourth-order valence-corrected chi connectivity index (χ4v) is 3.49. The summed E-state index contributed by atoms with van der Waals surface area (Å²) < 4.78 is 19.0. The molecule has 25 heavy (non-hydrogen) atoms. The molecule has 1 N–H and O–H groups in total. The molecule has 5 nitrogen and oxygen atoms in total. The molecular formula is C19H25FN2O3. The zero-order chi connectivity index (χ0) is 17.8. The molecule has 0 spiro atoms. The number of fused-ring (bicyclic) bond motifs is 1. The maximum Gasteiger partial charge on any atom is 0.253 e. The molecule has 0 aliphatic carbocycles. The van der Waals surface area contributed by atoms with Crippen molar-refractivity contribution in [3.05, 3.63) is 35.2 Å². The third-order valence-corrected chi connectivity index (χ3v) is 5.00. The van der Waals surface area contributed by atoms with Crippen molar-refractivity contribution < 1.29 is 19.0 Å². The van der Waals surface area contributed by atoms with Gasteiger partial charge in [-0.2, -0.15) is 0 Å². The van der Waals surface area contributed by atoms with Gasteiger partial charge in [-0.25, -0.2) is 4.39 Å². The van der Waals surface area contributed by atoms with E-state index >= 15 is 0 Å². The van der Waals surface area contributed by atoms with Crippen LogP contribution in [0.25, 0.3) is 6.08 Å². The van der Waals surface area contributed by atoms with Crippen molar-refractivity contribution >= 4 is 12.0 Å². The van der Waals surface area contributed by atoms with Crippen LogP contribution in [0.15, 0.2) is 23.8 Å². The maximum absolute atomic E-state index is 13.4. The number of rotatable bonds is 5. The van der Waals surface area contributed by atoms with Crippen molar-refractivity contribution in [3.8, 4) is 5.75 Å². The van der Waals surface area contributed by atoms with Crippen LogP contribution in [0.3, 0.4) is 0 Å². The van der Waals surface area contributed by atoms with E-state index in [4.69, 9.17) is 9.84 Å². The molecule has 0 bridgehead atoms. The SMILES string of the molecule is CN(CCCO)C1CCN(C(=O)C2=Cc3cc(F)ccc3OC2)CC1. The largest absolute Gasteiger partial charge is 0.488 e. The molecule has 1 aromatic rings. The predicted octanol–water partition coefficient (Wildman–Crippen LogP) is 1.91. The number of hydrogen-bond acceptors (Lipinski definition) is 4. The maximum atomic E-state index is 13.4. The first-order valence-electron chi connectivity index (χ1n) is 8.82. The molecule has 1 saturated heterocycles. The molecule has 0 radical (unpaired) electrons. The summed E-state index contributed by atoms with van der Waals surface area (Å²) in [6.07, 6.45) is 4.36. The van der Waals surface area contributed by atoms with Gasteiger partial charge in [-0.15, -0.1) is 0 Å². The summed E-state index contributed by atoms with van der Waals surface area (Å²) in [6, 6.07) is 4.79. The predicted molar refractivity (Wildman–Crippen MR) is 93.8 cm³/mol. The van der Waals surface area contributed by atoms with Crippen molar-refractivity contribution in [1.82, 2.24) is 9.80 Å². The van der Waals surface area contributed by atoms with Crippen LogP contribution in [0.2, 0.25) is 0 Å². The van der Waals surface area contributed by atoms with Gasteiger partial charge in [0.1, 0.15) is 18.2 Å². The van der Waals surface area contributed by atoms with Gasteiger partial charge >= 0.3 is 0 Å². The second-order valence-electron chi connectivity index (χ2n) is 6.72. The summed E-state index contributed by atoms with van der Waals surface area (Å²) in [7, 11) is 2.07. The monoisotopic (exact) mass is 348 g/mol. The fourth-order valence-electron chi connectivity index (χ4n) is 3.49. The van der Waals surface area contributed by atoms with Crippen molar-refractivity contribution in [2.75, 3.05) is 39.9 Å². The molecule has 1 fully saturated rings. The van der Waals surface area contributed by atoms with E-state index in [1.165, 1.54) is 12.1 Å². The summed E-state index contributed by atoms with van der Waals surface area (Å²) in [6.45, 7) is 2.72. The molecule has 0 atom stereocenters. The summed E-state index contributed by atoms with van der Waals surface area (Å²) in [5, 5.41) is 8.94. The Morgan fingerprint density at radius 2 is 2.16 bits per heavy atom. The molecule has 0 unspecified atom stereocenters. The molecule has 2 aliphatic rings. The van der Waals surface area contributed by atoms with Gasteiger partial charge in [-0.1, -0.05) is 0 Å². The number of carbonyl (C=O) groups is 1. The van der Waals surface area contributed by atoms with Crippen molar-refractivity contribution in [3.63, 3.8) is 0 Å². The van der Waals surface area contributed by atoms with Crippen LogP contribution in [0, 0.1) is 5.82 Å². The Morgan fingerprint density at radius 1 is 1.40 bits per heavy atom. The van der Waals surface area contributed by atoms with Gasteiger partial charge in [0.2, 0.25) is 0 Å². The van der Waals surface area contributed by atoms with E-state index in [1.807, 2.05) is 4.90 Å². The molecule has 2 aliphatic heterocycles. The van der Waals surface area contributed by atoms with E-state index in [2.05, 4.69) is 11.9 Å². The lowest BCUT2D eigenvalue weighted by Crippen LogP contribution is -2.46. The molecule has 1 aromatic carbocycles. The number of halogens is 1. The lowest BCUT2D eigenvalue weighted by atomic mass is 10.0. The van der Waals surface area contributed by atoms with E-state index < -0.39 is 0 Å². The molecule has 6 heteroatoms. The van der Waals surface area contributed by atoms with Crippen LogP contribution in [-0.2, 0) is 4.79 Å². The Hall–Kier alpha value is -1.92. The highest BCUT2D eigenvalue weighted by Gasteiger charge is 2.28. The summed E-state index contributed by atoms with van der Waals surface area (Å²) in [4.78, 5) is 16.9. The van der Waals surface area contributed by atoms with E-state index in [1.54, 1.807) is 12.1 Å². The number of nitrogens with zero attached hydrogens (tertiary/aromatic N) is 2. The number of piperidine rings is 1. The normalized spacial score (nSPS) is 17.9. The van der Waals surface area contributed by atoms with Crippen LogP contribution in [0.1, 0.15) is 24.8 Å². The second kappa shape index (κ2) is 7.97. The highest BCUT2D eigenvalue weighted by molar-refractivity contribution is 5.99. The van der Waals surface area contributed by atoms with Gasteiger partial charge < -0.3 is 19.6 Å². The number of aliphatic hydroxyl groups is 1. The number of likely N-dealkylation sites (tertiary alicyclic amines) is 1. The number of benzene rings is 1. The minimum atomic E-state index is -0.334. The van der Waals surface area contributed by atoms with Gasteiger partial charge in [0.05, 0.1) is 5.57 Å². The quantitative estimate of drug-likeness (QED) is 0.883. The number of hydrogen-bond donors (Lipinski definition) is 1. The van der Waals surface area contributed by atoms with E-state index in [-0.39, 0.29) is 24.9 Å². The fraction of sp³-hybridized carbons (Fsp3) is 0.526. The summed E-state index contributed by atoms with van der Waals surface area (Å²) in [5.41, 5.74) is 1.19. The van der Waals surface area contributed by atoms with E-state index in [9.17, 15) is 9.18 Å². The molecule has 2 heterocycles. The molecule has 136 valence electrons. The minimum absolute atomic E-state index is 0.0219. The molecule has 0 aromatic heterocycles. The Bertz CT molecular complexity index is 654. The molecule has 1 amide bonds. The highest BCUT2D eigenvalue weighted by atomic mass is 19.1. The lowest BCUT2D eigenvalue weighted by molar-refractivity contribution is -0.128. The third kappa shape index (κ3) is 4.19. The second-order valence-corrected chi connectivity index (χ2v) is 6.72. The summed E-state index contributed by atoms with van der Waals surface area (Å²) in [5.74, 6) is 0.257. The lowest BCUT2D eigenvalue weighted by Gasteiger charge is -2.37. The van der Waals surface area contributed by atoms with Crippen LogP contribution in [-0.4, -0.2) is 66.8 Å². The van der Waals surface area contributed by atoms with E-state index in [0.29, 0.717) is 36.0 Å². The number of amides is 1. The van der Waals surface area contributed by atoms with Crippen LogP contribution in [0.4, 0.5) is 4.39 Å². The van der Waals surface area contributed by atoms with Gasteiger partial charge in [-0.05, 0) is 50.6 Å². The number of carbonyl (C=O) groups excluding carboxylic acids is 1. The van der Waals surface area contributed by atoms with Crippen molar-refractivity contribution in [1.29, 1.82) is 0 Å². The molecule has 3 rings (SSSR count). The van der Waals surface area contributed by atoms with Gasteiger partial charge in [0, 0.05) is 37.8 Å². The average molecular weight is 348 g/mol. The Balaban J connectivity index is 1.60. The van der Waals surface area contributed by atoms with Crippen molar-refractivity contribution in [2.45, 2.75) is 25.3 Å². The van der Waals surface area contributed by atoms with Crippen LogP contribution >= 0.6 is 0 Å². The van der Waals surface area contributed by atoms with Crippen LogP contribution < -0.4 is 4.74 Å². The Morgan fingerprint density at radius 3 is 2.88 bits per heavy atom. The van der Waals surface area contributed by atoms with Crippen molar-refractivity contribution in [2.24, 2.45) is 0 Å². The zero-order valence-corrected chi connectivity index (χ0v) is 14.6. The smallest absolute Gasteiger partial charge is 0.253 e. The first-order chi connectivity index (χ1) is 12.1. The van der Waals surface area contributed by atoms with Gasteiger partial charge in [0.15, 0.2) is 0 Å². The number of aliphatic hydroxyl groups excluding tert-OH is 1. The van der Waals surface area contributed by atoms with Gasteiger partial charge in [0.25, 0.3) is 5.91 Å². The molecular weight excluding hydrogens is 323 g/mol. The standard InChI is InChI=1S/C19H25FN2O3/c1-21(7-2-10-23)17-5-8-22(9-6-17)19(24)15-11-14-12-16(20)3-4-18(14)25-13-15/h3-4,11-12,17,23H,2,5-10,13H2,1H3. The first-order valence-corrected chi connectivity index (χ1v) is 8.82. The first kappa shape index (κ1) is 17.9. The Kier molecular flexibility index (Phi) is 5.71. The highest BCUT2D eigenvalue weighted by Crippen LogP contribution is 2.28. The third-order valence-electron chi connectivity index (χ3n) is 5.00. The van der Waals surface area contributed by atoms with Gasteiger partial charge in [-0.3, -0.25) is 4.79 Å². The van der Waals surface area contributed by atoms with Crippen LogP contribution in [0.5, 0.6) is 5.75 Å². The van der Waals surface area contributed by atoms with E-state index in [0.717, 1.165) is 25.8 Å². The topological polar surface area (TPSA) is 53.0 Å². The minimum Gasteiger partial charge on any atom is -0.488 e. The summed E-state index contributed by atoms with van der Waals surface area (Å²) >= 11 is 0. The Labute approximate surface area is 147 Å². The zero-order valence-electron chi connectivity index (χ0n) is 14.6. The number of ether oxygens (including phenoxy) is 1. The molecule has 0 saturated carbocycles. The average Bonchev–Trinajstić information content (AvgIpc) is 2.65.